The van der Waals surface area contributed by atoms with Crippen molar-refractivity contribution in [3.8, 4) is 11.8 Å². The number of aromatic nitrogens is 1. The van der Waals surface area contributed by atoms with E-state index in [1.54, 1.807) is 36.5 Å². The zero-order valence-electron chi connectivity index (χ0n) is 11.7. The minimum atomic E-state index is -0.512. The van der Waals surface area contributed by atoms with Crippen molar-refractivity contribution < 1.29 is 9.53 Å². The molecule has 0 atom stereocenters. The number of rotatable bonds is 4. The average Bonchev–Trinajstić information content (AvgIpc) is 2.53. The lowest BCUT2D eigenvalue weighted by Gasteiger charge is -2.05. The Morgan fingerprint density at radius 3 is 2.86 bits per heavy atom. The number of hydrogen-bond donors (Lipinski definition) is 1. The van der Waals surface area contributed by atoms with Crippen LogP contribution in [0.25, 0.3) is 6.08 Å². The molecule has 0 fully saturated rings. The Kier molecular flexibility index (Phi) is 5.12. The van der Waals surface area contributed by atoms with Crippen molar-refractivity contribution in [2.24, 2.45) is 0 Å². The second-order valence-electron chi connectivity index (χ2n) is 4.26. The third-order valence-corrected chi connectivity index (χ3v) is 3.07. The van der Waals surface area contributed by atoms with Crippen LogP contribution in [0.1, 0.15) is 5.56 Å². The molecule has 2 aromatic rings. The summed E-state index contributed by atoms with van der Waals surface area (Å²) in [6.07, 6.45) is 4.55. The second-order valence-corrected chi connectivity index (χ2v) is 4.67. The summed E-state index contributed by atoms with van der Waals surface area (Å²) in [6, 6.07) is 10.2. The monoisotopic (exact) mass is 313 g/mol. The summed E-state index contributed by atoms with van der Waals surface area (Å²) < 4.78 is 5.05. The number of ether oxygens (including phenoxy) is 1. The van der Waals surface area contributed by atoms with Gasteiger partial charge in [-0.2, -0.15) is 5.26 Å². The van der Waals surface area contributed by atoms with E-state index in [4.69, 9.17) is 21.6 Å². The van der Waals surface area contributed by atoms with Crippen LogP contribution in [0.15, 0.2) is 48.3 Å². The van der Waals surface area contributed by atoms with Crippen LogP contribution in [0, 0.1) is 11.3 Å². The molecule has 0 aliphatic rings. The lowest BCUT2D eigenvalue weighted by Crippen LogP contribution is -2.13. The highest BCUT2D eigenvalue weighted by atomic mass is 35.5. The summed E-state index contributed by atoms with van der Waals surface area (Å²) in [7, 11) is 1.51. The maximum absolute atomic E-state index is 12.1. The largest absolute Gasteiger partial charge is 0.495 e. The molecular formula is C16H12ClN3O2. The van der Waals surface area contributed by atoms with Gasteiger partial charge in [0, 0.05) is 6.20 Å². The van der Waals surface area contributed by atoms with Crippen molar-refractivity contribution in [2.75, 3.05) is 12.4 Å². The van der Waals surface area contributed by atoms with E-state index in [0.29, 0.717) is 22.0 Å². The molecule has 0 saturated heterocycles. The van der Waals surface area contributed by atoms with Gasteiger partial charge in [-0.1, -0.05) is 17.7 Å². The average molecular weight is 314 g/mol. The fourth-order valence-electron chi connectivity index (χ4n) is 1.72. The number of nitriles is 1. The molecule has 0 radical (unpaired) electrons. The van der Waals surface area contributed by atoms with Crippen LogP contribution in [0.5, 0.6) is 5.75 Å². The van der Waals surface area contributed by atoms with Gasteiger partial charge in [-0.15, -0.1) is 0 Å². The number of anilines is 1. The molecule has 0 spiro atoms. The minimum absolute atomic E-state index is 0.0370. The molecule has 0 aliphatic carbocycles. The van der Waals surface area contributed by atoms with Gasteiger partial charge in [-0.25, -0.2) is 0 Å². The van der Waals surface area contributed by atoms with Crippen LogP contribution in [0.4, 0.5) is 5.69 Å². The Bertz CT molecular complexity index is 752. The number of amides is 1. The lowest BCUT2D eigenvalue weighted by molar-refractivity contribution is -0.112. The van der Waals surface area contributed by atoms with Gasteiger partial charge in [-0.3, -0.25) is 9.78 Å². The van der Waals surface area contributed by atoms with Gasteiger partial charge in [0.15, 0.2) is 0 Å². The highest BCUT2D eigenvalue weighted by Crippen LogP contribution is 2.26. The zero-order chi connectivity index (χ0) is 15.9. The molecule has 0 saturated carbocycles. The Morgan fingerprint density at radius 1 is 1.45 bits per heavy atom. The first-order chi connectivity index (χ1) is 10.6. The van der Waals surface area contributed by atoms with Crippen LogP contribution < -0.4 is 10.1 Å². The summed E-state index contributed by atoms with van der Waals surface area (Å²) in [5.41, 5.74) is 1.11. The molecule has 2 rings (SSSR count). The predicted molar refractivity (Wildman–Crippen MR) is 84.5 cm³/mol. The van der Waals surface area contributed by atoms with Gasteiger partial charge in [0.05, 0.1) is 24.0 Å². The first-order valence-corrected chi connectivity index (χ1v) is 6.68. The van der Waals surface area contributed by atoms with E-state index in [1.807, 2.05) is 6.07 Å². The number of nitrogens with zero attached hydrogens (tertiary/aromatic N) is 2. The van der Waals surface area contributed by atoms with Crippen LogP contribution in [0.3, 0.4) is 0 Å². The van der Waals surface area contributed by atoms with E-state index in [1.165, 1.54) is 19.4 Å². The number of methoxy groups -OCH3 is 1. The van der Waals surface area contributed by atoms with E-state index in [9.17, 15) is 4.79 Å². The molecule has 0 bridgehead atoms. The molecule has 1 aromatic carbocycles. The smallest absolute Gasteiger partial charge is 0.266 e. The van der Waals surface area contributed by atoms with Crippen molar-refractivity contribution in [3.63, 3.8) is 0 Å². The van der Waals surface area contributed by atoms with E-state index in [0.717, 1.165) is 0 Å². The van der Waals surface area contributed by atoms with Crippen molar-refractivity contribution in [1.82, 2.24) is 4.98 Å². The van der Waals surface area contributed by atoms with Crippen LogP contribution in [-0.4, -0.2) is 18.0 Å². The predicted octanol–water partition coefficient (Wildman–Crippen LogP) is 3.29. The summed E-state index contributed by atoms with van der Waals surface area (Å²) in [5, 5.41) is 12.2. The number of halogens is 1. The van der Waals surface area contributed by atoms with Crippen molar-refractivity contribution in [1.29, 1.82) is 5.26 Å². The van der Waals surface area contributed by atoms with E-state index >= 15 is 0 Å². The van der Waals surface area contributed by atoms with E-state index in [-0.39, 0.29) is 5.57 Å². The van der Waals surface area contributed by atoms with Crippen LogP contribution in [0.2, 0.25) is 5.02 Å². The van der Waals surface area contributed by atoms with Gasteiger partial charge in [0.2, 0.25) is 0 Å². The Hall–Kier alpha value is -2.84. The molecule has 110 valence electrons. The highest BCUT2D eigenvalue weighted by molar-refractivity contribution is 6.32. The molecule has 1 aromatic heterocycles. The Morgan fingerprint density at radius 2 is 2.27 bits per heavy atom. The third kappa shape index (κ3) is 3.84. The molecule has 6 heteroatoms. The van der Waals surface area contributed by atoms with Crippen LogP contribution >= 0.6 is 11.6 Å². The SMILES string of the molecule is COc1ccc(/C=C(\C#N)C(=O)Nc2cccnc2)cc1Cl. The van der Waals surface area contributed by atoms with Gasteiger partial charge >= 0.3 is 0 Å². The molecule has 1 N–H and O–H groups in total. The minimum Gasteiger partial charge on any atom is -0.495 e. The third-order valence-electron chi connectivity index (χ3n) is 2.77. The standard InChI is InChI=1S/C16H12ClN3O2/c1-22-15-5-4-11(8-14(15)17)7-12(9-18)16(21)20-13-3-2-6-19-10-13/h2-8,10H,1H3,(H,20,21)/b12-7+. The number of hydrogen-bond acceptors (Lipinski definition) is 4. The Balaban J connectivity index is 2.22. The summed E-state index contributed by atoms with van der Waals surface area (Å²) in [6.45, 7) is 0. The number of nitrogens with one attached hydrogen (secondary N) is 1. The lowest BCUT2D eigenvalue weighted by atomic mass is 10.1. The van der Waals surface area contributed by atoms with Gasteiger partial charge in [0.1, 0.15) is 17.4 Å². The number of benzene rings is 1. The molecule has 22 heavy (non-hydrogen) atoms. The second kappa shape index (κ2) is 7.25. The Labute approximate surface area is 132 Å². The number of carbonyl (C=O) groups excluding carboxylic acids is 1. The van der Waals surface area contributed by atoms with E-state index in [2.05, 4.69) is 10.3 Å². The summed E-state index contributed by atoms with van der Waals surface area (Å²) in [4.78, 5) is 16.0. The van der Waals surface area contributed by atoms with Crippen molar-refractivity contribution in [2.45, 2.75) is 0 Å². The normalized spacial score (nSPS) is 10.7. The van der Waals surface area contributed by atoms with Gasteiger partial charge in [-0.05, 0) is 35.9 Å². The first-order valence-electron chi connectivity index (χ1n) is 6.30. The molecular weight excluding hydrogens is 302 g/mol. The van der Waals surface area contributed by atoms with Gasteiger partial charge < -0.3 is 10.1 Å². The molecule has 0 unspecified atom stereocenters. The fraction of sp³-hybridized carbons (Fsp3) is 0.0625. The molecule has 1 heterocycles. The zero-order valence-corrected chi connectivity index (χ0v) is 12.5. The number of pyridine rings is 1. The van der Waals surface area contributed by atoms with Gasteiger partial charge in [0.25, 0.3) is 5.91 Å². The maximum Gasteiger partial charge on any atom is 0.266 e. The highest BCUT2D eigenvalue weighted by Gasteiger charge is 2.10. The van der Waals surface area contributed by atoms with Crippen molar-refractivity contribution in [3.05, 3.63) is 58.9 Å². The quantitative estimate of drug-likeness (QED) is 0.694. The summed E-state index contributed by atoms with van der Waals surface area (Å²) in [5.74, 6) is 0.0135. The topological polar surface area (TPSA) is 75.0 Å². The van der Waals surface area contributed by atoms with E-state index < -0.39 is 5.91 Å². The molecule has 5 nitrogen and oxygen atoms in total. The summed E-state index contributed by atoms with van der Waals surface area (Å²) >= 11 is 6.02. The van der Waals surface area contributed by atoms with Crippen LogP contribution in [-0.2, 0) is 4.79 Å². The fourth-order valence-corrected chi connectivity index (χ4v) is 1.99. The number of carbonyl (C=O) groups is 1. The van der Waals surface area contributed by atoms with Crippen molar-refractivity contribution >= 4 is 29.3 Å². The first kappa shape index (κ1) is 15.5. The maximum atomic E-state index is 12.1. The molecule has 1 amide bonds. The molecule has 0 aliphatic heterocycles.